The number of nitrogens with one attached hydrogen (secondary N) is 1. The fraction of sp³-hybridized carbons (Fsp3) is 0.583. The van der Waals surface area contributed by atoms with Crippen LogP contribution in [0.2, 0.25) is 0 Å². The molecule has 1 aliphatic carbocycles. The van der Waals surface area contributed by atoms with Crippen LogP contribution < -0.4 is 5.32 Å². The van der Waals surface area contributed by atoms with Gasteiger partial charge in [0.15, 0.2) is 4.67 Å². The molecule has 0 radical (unpaired) electrons. The minimum Gasteiger partial charge on any atom is -0.457 e. The van der Waals surface area contributed by atoms with Gasteiger partial charge < -0.3 is 9.73 Å². The third kappa shape index (κ3) is 2.94. The van der Waals surface area contributed by atoms with Gasteiger partial charge >= 0.3 is 0 Å². The predicted octanol–water partition coefficient (Wildman–Crippen LogP) is 3.87. The van der Waals surface area contributed by atoms with Crippen molar-refractivity contribution in [3.8, 4) is 0 Å². The summed E-state index contributed by atoms with van der Waals surface area (Å²) in [5.41, 5.74) is 0.474. The van der Waals surface area contributed by atoms with Gasteiger partial charge in [0, 0.05) is 5.33 Å². The number of carbonyl (C=O) groups excluding carboxylic acids is 1. The molecule has 1 amide bonds. The van der Waals surface area contributed by atoms with Crippen molar-refractivity contribution in [2.45, 2.75) is 37.6 Å². The van der Waals surface area contributed by atoms with Gasteiger partial charge in [-0.3, -0.25) is 4.79 Å². The fourth-order valence-corrected chi connectivity index (χ4v) is 3.41. The van der Waals surface area contributed by atoms with E-state index in [-0.39, 0.29) is 11.4 Å². The van der Waals surface area contributed by atoms with Crippen LogP contribution in [0.25, 0.3) is 0 Å². The van der Waals surface area contributed by atoms with Crippen molar-refractivity contribution >= 4 is 37.8 Å². The van der Waals surface area contributed by atoms with Gasteiger partial charge in [0.1, 0.15) is 0 Å². The first-order chi connectivity index (χ1) is 8.17. The van der Waals surface area contributed by atoms with E-state index in [2.05, 4.69) is 37.2 Å². The lowest BCUT2D eigenvalue weighted by Crippen LogP contribution is -2.51. The highest BCUT2D eigenvalue weighted by molar-refractivity contribution is 9.10. The van der Waals surface area contributed by atoms with Gasteiger partial charge in [-0.1, -0.05) is 35.2 Å². The monoisotopic (exact) mass is 363 g/mol. The van der Waals surface area contributed by atoms with Crippen LogP contribution in [0, 0.1) is 0 Å². The van der Waals surface area contributed by atoms with E-state index in [9.17, 15) is 4.79 Å². The molecule has 1 aromatic heterocycles. The minimum absolute atomic E-state index is 0.0630. The van der Waals surface area contributed by atoms with Crippen molar-refractivity contribution in [2.24, 2.45) is 0 Å². The Hall–Kier alpha value is -0.290. The zero-order chi connectivity index (χ0) is 12.3. The average Bonchev–Trinajstić information content (AvgIpc) is 2.77. The van der Waals surface area contributed by atoms with E-state index in [1.807, 2.05) is 0 Å². The van der Waals surface area contributed by atoms with Gasteiger partial charge in [0.05, 0.1) is 17.4 Å². The summed E-state index contributed by atoms with van der Waals surface area (Å²) in [5, 5.41) is 3.96. The molecule has 0 unspecified atom stereocenters. The van der Waals surface area contributed by atoms with Gasteiger partial charge in [0.25, 0.3) is 5.91 Å². The van der Waals surface area contributed by atoms with Crippen molar-refractivity contribution in [3.63, 3.8) is 0 Å². The molecule has 2 rings (SSSR count). The van der Waals surface area contributed by atoms with Crippen LogP contribution in [-0.2, 0) is 0 Å². The Morgan fingerprint density at radius 1 is 1.41 bits per heavy atom. The van der Waals surface area contributed by atoms with Crippen LogP contribution in [0.3, 0.4) is 0 Å². The molecule has 17 heavy (non-hydrogen) atoms. The maximum absolute atomic E-state index is 12.1. The van der Waals surface area contributed by atoms with Crippen LogP contribution in [0.1, 0.15) is 42.5 Å². The van der Waals surface area contributed by atoms with Gasteiger partial charge in [0.2, 0.25) is 0 Å². The van der Waals surface area contributed by atoms with E-state index in [4.69, 9.17) is 4.42 Å². The van der Waals surface area contributed by atoms with Crippen LogP contribution in [-0.4, -0.2) is 16.8 Å². The van der Waals surface area contributed by atoms with E-state index in [0.29, 0.717) is 10.2 Å². The smallest absolute Gasteiger partial charge is 0.256 e. The summed E-state index contributed by atoms with van der Waals surface area (Å²) in [5.74, 6) is -0.0630. The maximum atomic E-state index is 12.1. The first kappa shape index (κ1) is 13.1. The SMILES string of the molecule is O=C(NC1(CBr)CCCCC1)c1ccoc1Br. The number of hydrogen-bond acceptors (Lipinski definition) is 2. The Balaban J connectivity index is 2.08. The molecule has 94 valence electrons. The molecule has 0 atom stereocenters. The van der Waals surface area contributed by atoms with E-state index < -0.39 is 0 Å². The Bertz CT molecular complexity index is 397. The normalized spacial score (nSPS) is 18.9. The molecular formula is C12H15Br2NO2. The lowest BCUT2D eigenvalue weighted by molar-refractivity contribution is 0.0884. The molecule has 1 aliphatic rings. The number of hydrogen-bond donors (Lipinski definition) is 1. The highest BCUT2D eigenvalue weighted by Crippen LogP contribution is 2.30. The third-order valence-corrected chi connectivity index (χ3v) is 5.00. The lowest BCUT2D eigenvalue weighted by Gasteiger charge is -2.36. The second-order valence-electron chi connectivity index (χ2n) is 4.54. The number of alkyl halides is 1. The lowest BCUT2D eigenvalue weighted by atomic mass is 9.83. The Labute approximate surface area is 118 Å². The molecule has 1 N–H and O–H groups in total. The molecule has 1 fully saturated rings. The molecule has 0 aromatic carbocycles. The van der Waals surface area contributed by atoms with Crippen LogP contribution in [0.5, 0.6) is 0 Å². The van der Waals surface area contributed by atoms with Crippen molar-refractivity contribution < 1.29 is 9.21 Å². The van der Waals surface area contributed by atoms with Crippen LogP contribution in [0.15, 0.2) is 21.4 Å². The number of furan rings is 1. The van der Waals surface area contributed by atoms with E-state index in [0.717, 1.165) is 18.2 Å². The number of carbonyl (C=O) groups is 1. The summed E-state index contributed by atoms with van der Waals surface area (Å²) < 4.78 is 5.58. The predicted molar refractivity (Wildman–Crippen MR) is 73.5 cm³/mol. The average molecular weight is 365 g/mol. The first-order valence-electron chi connectivity index (χ1n) is 5.78. The Kier molecular flexibility index (Phi) is 4.31. The van der Waals surface area contributed by atoms with Crippen molar-refractivity contribution in [1.82, 2.24) is 5.32 Å². The molecular weight excluding hydrogens is 350 g/mol. The summed E-state index contributed by atoms with van der Waals surface area (Å²) in [6.45, 7) is 0. The number of rotatable bonds is 3. The van der Waals surface area contributed by atoms with Gasteiger partial charge in [-0.15, -0.1) is 0 Å². The summed E-state index contributed by atoms with van der Waals surface area (Å²) in [4.78, 5) is 12.1. The summed E-state index contributed by atoms with van der Waals surface area (Å²) >= 11 is 6.76. The zero-order valence-corrected chi connectivity index (χ0v) is 12.6. The molecule has 3 nitrogen and oxygen atoms in total. The highest BCUT2D eigenvalue weighted by atomic mass is 79.9. The Morgan fingerprint density at radius 3 is 2.65 bits per heavy atom. The van der Waals surface area contributed by atoms with Gasteiger partial charge in [-0.25, -0.2) is 0 Å². The van der Waals surface area contributed by atoms with Crippen molar-refractivity contribution in [3.05, 3.63) is 22.6 Å². The topological polar surface area (TPSA) is 42.2 Å². The summed E-state index contributed by atoms with van der Waals surface area (Å²) in [6, 6.07) is 1.68. The van der Waals surface area contributed by atoms with Crippen molar-refractivity contribution in [2.75, 3.05) is 5.33 Å². The van der Waals surface area contributed by atoms with E-state index >= 15 is 0 Å². The Morgan fingerprint density at radius 2 is 2.12 bits per heavy atom. The fourth-order valence-electron chi connectivity index (χ4n) is 2.28. The molecule has 0 saturated heterocycles. The molecule has 0 spiro atoms. The molecule has 1 aromatic rings. The quantitative estimate of drug-likeness (QED) is 0.827. The molecule has 0 aliphatic heterocycles. The van der Waals surface area contributed by atoms with Crippen LogP contribution in [0.4, 0.5) is 0 Å². The highest BCUT2D eigenvalue weighted by Gasteiger charge is 2.33. The molecule has 0 bridgehead atoms. The third-order valence-electron chi connectivity index (χ3n) is 3.31. The molecule has 5 heteroatoms. The van der Waals surface area contributed by atoms with Gasteiger partial charge in [-0.05, 0) is 34.8 Å². The largest absolute Gasteiger partial charge is 0.457 e. The summed E-state index contributed by atoms with van der Waals surface area (Å²) in [7, 11) is 0. The van der Waals surface area contributed by atoms with Crippen LogP contribution >= 0.6 is 31.9 Å². The second-order valence-corrected chi connectivity index (χ2v) is 5.82. The zero-order valence-electron chi connectivity index (χ0n) is 9.47. The van der Waals surface area contributed by atoms with Gasteiger partial charge in [-0.2, -0.15) is 0 Å². The standard InChI is InChI=1S/C12H15Br2NO2/c13-8-12(5-2-1-3-6-12)15-11(16)9-4-7-17-10(9)14/h4,7H,1-3,5-6,8H2,(H,15,16). The number of amides is 1. The van der Waals surface area contributed by atoms with Crippen molar-refractivity contribution in [1.29, 1.82) is 0 Å². The number of halogens is 2. The second kappa shape index (κ2) is 5.57. The maximum Gasteiger partial charge on any atom is 0.256 e. The molecule has 1 heterocycles. The van der Waals surface area contributed by atoms with E-state index in [1.165, 1.54) is 25.5 Å². The first-order valence-corrected chi connectivity index (χ1v) is 7.70. The molecule has 1 saturated carbocycles. The summed E-state index contributed by atoms with van der Waals surface area (Å²) in [6.07, 6.45) is 7.22. The van der Waals surface area contributed by atoms with E-state index in [1.54, 1.807) is 6.07 Å². The minimum atomic E-state index is -0.0912.